The molecule has 0 rings (SSSR count). The van der Waals surface area contributed by atoms with Crippen LogP contribution in [0.2, 0.25) is 0 Å². The van der Waals surface area contributed by atoms with Crippen LogP contribution in [0, 0.1) is 0 Å². The van der Waals surface area contributed by atoms with E-state index < -0.39 is 0 Å². The third-order valence-electron chi connectivity index (χ3n) is 0.407. The molecule has 0 aliphatic carbocycles. The maximum atomic E-state index is 9.40. The summed E-state index contributed by atoms with van der Waals surface area (Å²) in [6, 6.07) is 0. The van der Waals surface area contributed by atoms with E-state index in [9.17, 15) is 4.79 Å². The van der Waals surface area contributed by atoms with Crippen molar-refractivity contribution in [3.05, 3.63) is 0 Å². The van der Waals surface area contributed by atoms with Crippen LogP contribution in [0.25, 0.3) is 0 Å². The standard InChI is InChI=1S/C4H8O.H3N/c1-2-3-4-5;/h4H,2-3H2,1H3;1H3. The van der Waals surface area contributed by atoms with Gasteiger partial charge in [-0.15, -0.1) is 0 Å². The molecule has 0 heterocycles. The fourth-order valence-corrected chi connectivity index (χ4v) is 0.118. The summed E-state index contributed by atoms with van der Waals surface area (Å²) in [5, 5.41) is 0. The minimum atomic E-state index is 0. The predicted octanol–water partition coefficient (Wildman–Crippen LogP) is 1.15. The Morgan fingerprint density at radius 2 is 2.17 bits per heavy atom. The van der Waals surface area contributed by atoms with Crippen LogP contribution in [0.15, 0.2) is 0 Å². The van der Waals surface area contributed by atoms with Crippen LogP contribution in [-0.4, -0.2) is 6.29 Å². The summed E-state index contributed by atoms with van der Waals surface area (Å²) in [6.07, 6.45) is 2.61. The zero-order valence-corrected chi connectivity index (χ0v) is 4.11. The van der Waals surface area contributed by atoms with E-state index in [0.29, 0.717) is 6.42 Å². The molecule has 0 saturated carbocycles. The van der Waals surface area contributed by atoms with Gasteiger partial charge in [-0.2, -0.15) is 0 Å². The van der Waals surface area contributed by atoms with E-state index in [2.05, 4.69) is 0 Å². The summed E-state index contributed by atoms with van der Waals surface area (Å²) < 4.78 is 0. The lowest BCUT2D eigenvalue weighted by Crippen LogP contribution is -1.64. The lowest BCUT2D eigenvalue weighted by Gasteiger charge is -1.68. The zero-order chi connectivity index (χ0) is 4.12. The molecule has 0 radical (unpaired) electrons. The molecular weight excluding hydrogens is 78.0 g/mol. The molecule has 2 heteroatoms. The van der Waals surface area contributed by atoms with Gasteiger partial charge in [-0.3, -0.25) is 0 Å². The summed E-state index contributed by atoms with van der Waals surface area (Å²) in [5.74, 6) is 0. The van der Waals surface area contributed by atoms with Gasteiger partial charge >= 0.3 is 0 Å². The maximum Gasteiger partial charge on any atom is 0.119 e. The Balaban J connectivity index is 0. The molecule has 0 aromatic heterocycles. The Bertz CT molecular complexity index is 28.7. The average molecular weight is 89.1 g/mol. The maximum absolute atomic E-state index is 9.40. The quantitative estimate of drug-likeness (QED) is 0.516. The first kappa shape index (κ1) is 9.16. The van der Waals surface area contributed by atoms with Crippen LogP contribution in [0.4, 0.5) is 0 Å². The number of hydrogen-bond donors (Lipinski definition) is 1. The molecule has 0 aromatic carbocycles. The molecule has 2 nitrogen and oxygen atoms in total. The lowest BCUT2D eigenvalue weighted by atomic mass is 10.4. The monoisotopic (exact) mass is 89.1 g/mol. The van der Waals surface area contributed by atoms with E-state index in [4.69, 9.17) is 0 Å². The minimum absolute atomic E-state index is 0. The predicted molar refractivity (Wildman–Crippen MR) is 26.0 cm³/mol. The molecule has 0 aromatic rings. The van der Waals surface area contributed by atoms with Gasteiger partial charge in [0.2, 0.25) is 0 Å². The molecule has 0 saturated heterocycles. The van der Waals surface area contributed by atoms with Gasteiger partial charge in [-0.05, 0) is 6.42 Å². The SMILES string of the molecule is CCCC=O.N. The first-order chi connectivity index (χ1) is 2.41. The molecule has 38 valence electrons. The summed E-state index contributed by atoms with van der Waals surface area (Å²) in [4.78, 5) is 9.40. The van der Waals surface area contributed by atoms with Crippen molar-refractivity contribution < 1.29 is 4.79 Å². The van der Waals surface area contributed by atoms with Gasteiger partial charge in [0, 0.05) is 6.42 Å². The van der Waals surface area contributed by atoms with Gasteiger partial charge in [0.15, 0.2) is 0 Å². The van der Waals surface area contributed by atoms with Crippen molar-refractivity contribution in [2.24, 2.45) is 0 Å². The minimum Gasteiger partial charge on any atom is -0.344 e. The molecule has 0 aliphatic rings. The zero-order valence-electron chi connectivity index (χ0n) is 4.11. The van der Waals surface area contributed by atoms with Crippen LogP contribution >= 0.6 is 0 Å². The highest BCUT2D eigenvalue weighted by Gasteiger charge is 1.66. The largest absolute Gasteiger partial charge is 0.344 e. The number of carbonyl (C=O) groups excluding carboxylic acids is 1. The molecule has 0 bridgehead atoms. The molecule has 0 spiro atoms. The smallest absolute Gasteiger partial charge is 0.119 e. The van der Waals surface area contributed by atoms with Crippen molar-refractivity contribution in [3.63, 3.8) is 0 Å². The highest BCUT2D eigenvalue weighted by atomic mass is 16.1. The van der Waals surface area contributed by atoms with Gasteiger partial charge in [-0.1, -0.05) is 6.92 Å². The topological polar surface area (TPSA) is 52.1 Å². The highest BCUT2D eigenvalue weighted by molar-refractivity contribution is 5.48. The Hall–Kier alpha value is -0.370. The van der Waals surface area contributed by atoms with Gasteiger partial charge in [0.05, 0.1) is 0 Å². The van der Waals surface area contributed by atoms with Crippen LogP contribution < -0.4 is 6.15 Å². The molecular formula is C4H11NO. The second-order valence-electron chi connectivity index (χ2n) is 0.955. The second kappa shape index (κ2) is 8.82. The third kappa shape index (κ3) is 9.45. The molecule has 0 unspecified atom stereocenters. The van der Waals surface area contributed by atoms with E-state index in [0.717, 1.165) is 12.7 Å². The van der Waals surface area contributed by atoms with Crippen molar-refractivity contribution in [3.8, 4) is 0 Å². The van der Waals surface area contributed by atoms with Crippen molar-refractivity contribution in [1.82, 2.24) is 6.15 Å². The molecule has 6 heavy (non-hydrogen) atoms. The van der Waals surface area contributed by atoms with Crippen molar-refractivity contribution >= 4 is 6.29 Å². The number of hydrogen-bond acceptors (Lipinski definition) is 2. The van der Waals surface area contributed by atoms with Gasteiger partial charge in [-0.25, -0.2) is 0 Å². The summed E-state index contributed by atoms with van der Waals surface area (Å²) in [6.45, 7) is 1.98. The van der Waals surface area contributed by atoms with Gasteiger partial charge in [0.1, 0.15) is 6.29 Å². The normalized spacial score (nSPS) is 6.17. The summed E-state index contributed by atoms with van der Waals surface area (Å²) in [5.41, 5.74) is 0. The van der Waals surface area contributed by atoms with E-state index in [1.165, 1.54) is 0 Å². The van der Waals surface area contributed by atoms with E-state index in [1.54, 1.807) is 0 Å². The van der Waals surface area contributed by atoms with Crippen molar-refractivity contribution in [2.75, 3.05) is 0 Å². The molecule has 0 fully saturated rings. The number of rotatable bonds is 2. The third-order valence-corrected chi connectivity index (χ3v) is 0.407. The first-order valence-electron chi connectivity index (χ1n) is 1.85. The Morgan fingerprint density at radius 1 is 1.67 bits per heavy atom. The summed E-state index contributed by atoms with van der Waals surface area (Å²) in [7, 11) is 0. The van der Waals surface area contributed by atoms with Crippen LogP contribution in [0.1, 0.15) is 19.8 Å². The summed E-state index contributed by atoms with van der Waals surface area (Å²) >= 11 is 0. The average Bonchev–Trinajstić information content (AvgIpc) is 1.41. The fraction of sp³-hybridized carbons (Fsp3) is 0.750. The van der Waals surface area contributed by atoms with E-state index >= 15 is 0 Å². The molecule has 0 amide bonds. The fourth-order valence-electron chi connectivity index (χ4n) is 0.118. The second-order valence-corrected chi connectivity index (χ2v) is 0.955. The van der Waals surface area contributed by atoms with Crippen LogP contribution in [-0.2, 0) is 4.79 Å². The van der Waals surface area contributed by atoms with Crippen molar-refractivity contribution in [2.45, 2.75) is 19.8 Å². The van der Waals surface area contributed by atoms with Crippen LogP contribution in [0.5, 0.6) is 0 Å². The Morgan fingerprint density at radius 3 is 2.17 bits per heavy atom. The molecule has 0 atom stereocenters. The molecule has 0 aliphatic heterocycles. The number of aldehydes is 1. The Kier molecular flexibility index (Phi) is 13.5. The lowest BCUT2D eigenvalue weighted by molar-refractivity contribution is -0.107. The van der Waals surface area contributed by atoms with E-state index in [-0.39, 0.29) is 6.15 Å². The number of unbranched alkanes of at least 4 members (excludes halogenated alkanes) is 1. The number of carbonyl (C=O) groups is 1. The first-order valence-corrected chi connectivity index (χ1v) is 1.85. The van der Waals surface area contributed by atoms with Gasteiger partial charge in [0.25, 0.3) is 0 Å². The molecule has 3 N–H and O–H groups in total. The van der Waals surface area contributed by atoms with E-state index in [1.807, 2.05) is 6.92 Å². The Labute approximate surface area is 38.1 Å². The van der Waals surface area contributed by atoms with Crippen LogP contribution in [0.3, 0.4) is 0 Å². The highest BCUT2D eigenvalue weighted by Crippen LogP contribution is 1.74. The van der Waals surface area contributed by atoms with Gasteiger partial charge < -0.3 is 10.9 Å². The van der Waals surface area contributed by atoms with Crippen molar-refractivity contribution in [1.29, 1.82) is 0 Å².